The number of aliphatic imine (C=N–C) groups is 1. The van der Waals surface area contributed by atoms with Crippen LogP contribution in [0.1, 0.15) is 11.6 Å². The number of rotatable bonds is 7. The molecule has 134 valence electrons. The van der Waals surface area contributed by atoms with Crippen molar-refractivity contribution >= 4 is 17.7 Å². The molecule has 1 aliphatic heterocycles. The lowest BCUT2D eigenvalue weighted by Crippen LogP contribution is -2.46. The number of guanidine groups is 1. The highest BCUT2D eigenvalue weighted by Gasteiger charge is 2.23. The van der Waals surface area contributed by atoms with Crippen LogP contribution in [0.3, 0.4) is 0 Å². The summed E-state index contributed by atoms with van der Waals surface area (Å²) in [6.45, 7) is 4.66. The van der Waals surface area contributed by atoms with Gasteiger partial charge >= 0.3 is 0 Å². The Bertz CT molecular complexity index is 523. The molecule has 1 aromatic carbocycles. The lowest BCUT2D eigenvalue weighted by molar-refractivity contribution is 0.0169. The highest BCUT2D eigenvalue weighted by atomic mass is 32.2. The Balaban J connectivity index is 2.02. The Kier molecular flexibility index (Phi) is 8.35. The minimum Gasteiger partial charge on any atom is -0.379 e. The Morgan fingerprint density at radius 1 is 1.38 bits per heavy atom. The van der Waals surface area contributed by atoms with Crippen LogP contribution in [0.5, 0.6) is 0 Å². The van der Waals surface area contributed by atoms with E-state index in [1.165, 1.54) is 6.07 Å². The van der Waals surface area contributed by atoms with Crippen LogP contribution in [0, 0.1) is 5.82 Å². The first kappa shape index (κ1) is 19.0. The van der Waals surface area contributed by atoms with Gasteiger partial charge in [0.1, 0.15) is 5.82 Å². The van der Waals surface area contributed by atoms with E-state index < -0.39 is 0 Å². The molecule has 2 N–H and O–H groups in total. The van der Waals surface area contributed by atoms with Gasteiger partial charge in [0, 0.05) is 39.0 Å². The SMILES string of the molecule is CN=C(NCCSC)NCC(c1cccc(F)c1)N1CCOCC1. The lowest BCUT2D eigenvalue weighted by Gasteiger charge is -2.35. The number of hydrogen-bond acceptors (Lipinski definition) is 4. The molecule has 0 bridgehead atoms. The number of ether oxygens (including phenoxy) is 1. The topological polar surface area (TPSA) is 48.9 Å². The molecule has 1 unspecified atom stereocenters. The van der Waals surface area contributed by atoms with Crippen molar-refractivity contribution < 1.29 is 9.13 Å². The third-order valence-corrected chi connectivity index (χ3v) is 4.62. The van der Waals surface area contributed by atoms with Crippen LogP contribution >= 0.6 is 11.8 Å². The Labute approximate surface area is 148 Å². The molecule has 24 heavy (non-hydrogen) atoms. The van der Waals surface area contributed by atoms with Crippen molar-refractivity contribution in [2.75, 3.05) is 58.4 Å². The number of hydrogen-bond donors (Lipinski definition) is 2. The molecule has 0 aliphatic carbocycles. The zero-order valence-electron chi connectivity index (χ0n) is 14.4. The predicted molar refractivity (Wildman–Crippen MR) is 99.3 cm³/mol. The van der Waals surface area contributed by atoms with Crippen molar-refractivity contribution in [3.8, 4) is 0 Å². The molecule has 0 saturated carbocycles. The molecule has 1 heterocycles. The molecule has 1 fully saturated rings. The normalized spacial score (nSPS) is 17.5. The van der Waals surface area contributed by atoms with E-state index in [0.29, 0.717) is 19.8 Å². The van der Waals surface area contributed by atoms with Gasteiger partial charge in [-0.15, -0.1) is 0 Å². The molecule has 1 saturated heterocycles. The van der Waals surface area contributed by atoms with E-state index in [2.05, 4.69) is 26.8 Å². The molecule has 2 rings (SSSR count). The quantitative estimate of drug-likeness (QED) is 0.444. The highest BCUT2D eigenvalue weighted by molar-refractivity contribution is 7.98. The van der Waals surface area contributed by atoms with Crippen molar-refractivity contribution in [2.24, 2.45) is 4.99 Å². The number of halogens is 1. The van der Waals surface area contributed by atoms with Crippen LogP contribution in [0.15, 0.2) is 29.3 Å². The molecule has 0 aromatic heterocycles. The Morgan fingerprint density at radius 3 is 2.83 bits per heavy atom. The van der Waals surface area contributed by atoms with Gasteiger partial charge in [-0.25, -0.2) is 4.39 Å². The maximum absolute atomic E-state index is 13.7. The monoisotopic (exact) mass is 354 g/mol. The van der Waals surface area contributed by atoms with Crippen LogP contribution in [0.2, 0.25) is 0 Å². The molecule has 1 atom stereocenters. The van der Waals surface area contributed by atoms with Gasteiger partial charge in [0.25, 0.3) is 0 Å². The number of nitrogens with one attached hydrogen (secondary N) is 2. The van der Waals surface area contributed by atoms with E-state index in [1.54, 1.807) is 30.9 Å². The summed E-state index contributed by atoms with van der Waals surface area (Å²) in [7, 11) is 1.76. The number of benzene rings is 1. The smallest absolute Gasteiger partial charge is 0.191 e. The Morgan fingerprint density at radius 2 is 2.17 bits per heavy atom. The van der Waals surface area contributed by atoms with Crippen molar-refractivity contribution in [3.05, 3.63) is 35.6 Å². The molecular formula is C17H27FN4OS. The van der Waals surface area contributed by atoms with E-state index in [1.807, 2.05) is 6.07 Å². The van der Waals surface area contributed by atoms with Gasteiger partial charge in [0.15, 0.2) is 5.96 Å². The largest absolute Gasteiger partial charge is 0.379 e. The summed E-state index contributed by atoms with van der Waals surface area (Å²) in [5.74, 6) is 1.60. The molecule has 1 aromatic rings. The molecule has 1 aliphatic rings. The first-order valence-electron chi connectivity index (χ1n) is 8.25. The third-order valence-electron chi connectivity index (χ3n) is 4.00. The van der Waals surface area contributed by atoms with Gasteiger partial charge in [-0.2, -0.15) is 11.8 Å². The summed E-state index contributed by atoms with van der Waals surface area (Å²) in [5, 5.41) is 6.66. The number of thioether (sulfide) groups is 1. The van der Waals surface area contributed by atoms with Gasteiger partial charge in [0.2, 0.25) is 0 Å². The van der Waals surface area contributed by atoms with Crippen LogP contribution in [-0.4, -0.2) is 69.3 Å². The zero-order valence-corrected chi connectivity index (χ0v) is 15.2. The van der Waals surface area contributed by atoms with Crippen LogP contribution in [-0.2, 0) is 4.74 Å². The van der Waals surface area contributed by atoms with E-state index >= 15 is 0 Å². The first-order valence-corrected chi connectivity index (χ1v) is 9.64. The summed E-state index contributed by atoms with van der Waals surface area (Å²) >= 11 is 1.79. The number of nitrogens with zero attached hydrogens (tertiary/aromatic N) is 2. The average molecular weight is 354 g/mol. The third kappa shape index (κ3) is 5.96. The van der Waals surface area contributed by atoms with Crippen LogP contribution in [0.4, 0.5) is 4.39 Å². The maximum atomic E-state index is 13.7. The van der Waals surface area contributed by atoms with E-state index in [0.717, 1.165) is 36.9 Å². The molecule has 5 nitrogen and oxygen atoms in total. The van der Waals surface area contributed by atoms with Gasteiger partial charge in [-0.1, -0.05) is 12.1 Å². The number of morpholine rings is 1. The van der Waals surface area contributed by atoms with Crippen molar-refractivity contribution in [1.29, 1.82) is 0 Å². The van der Waals surface area contributed by atoms with Gasteiger partial charge < -0.3 is 15.4 Å². The summed E-state index contributed by atoms with van der Waals surface area (Å²) < 4.78 is 19.1. The van der Waals surface area contributed by atoms with Crippen molar-refractivity contribution in [2.45, 2.75) is 6.04 Å². The fourth-order valence-electron chi connectivity index (χ4n) is 2.75. The summed E-state index contributed by atoms with van der Waals surface area (Å²) in [6, 6.07) is 6.93. The standard InChI is InChI=1S/C17H27FN4OS/c1-19-17(20-6-11-24-2)21-13-16(22-7-9-23-10-8-22)14-4-3-5-15(18)12-14/h3-5,12,16H,6-11,13H2,1-2H3,(H2,19,20,21). The summed E-state index contributed by atoms with van der Waals surface area (Å²) in [5.41, 5.74) is 0.976. The van der Waals surface area contributed by atoms with Crippen LogP contribution < -0.4 is 10.6 Å². The minimum absolute atomic E-state index is 0.0868. The fourth-order valence-corrected chi connectivity index (χ4v) is 3.05. The van der Waals surface area contributed by atoms with E-state index in [-0.39, 0.29) is 11.9 Å². The van der Waals surface area contributed by atoms with E-state index in [4.69, 9.17) is 4.74 Å². The maximum Gasteiger partial charge on any atom is 0.191 e. The van der Waals surface area contributed by atoms with E-state index in [9.17, 15) is 4.39 Å². The molecule has 0 spiro atoms. The lowest BCUT2D eigenvalue weighted by atomic mass is 10.0. The molecule has 0 amide bonds. The minimum atomic E-state index is -0.201. The second kappa shape index (κ2) is 10.5. The molecule has 7 heteroatoms. The van der Waals surface area contributed by atoms with Gasteiger partial charge in [0.05, 0.1) is 19.3 Å². The van der Waals surface area contributed by atoms with Crippen LogP contribution in [0.25, 0.3) is 0 Å². The fraction of sp³-hybridized carbons (Fsp3) is 0.588. The first-order chi connectivity index (χ1) is 11.7. The van der Waals surface area contributed by atoms with Crippen molar-refractivity contribution in [1.82, 2.24) is 15.5 Å². The summed E-state index contributed by atoms with van der Waals surface area (Å²) in [6.07, 6.45) is 2.08. The molecule has 0 radical (unpaired) electrons. The predicted octanol–water partition coefficient (Wildman–Crippen LogP) is 1.73. The second-order valence-corrected chi connectivity index (χ2v) is 6.58. The Hall–Kier alpha value is -1.31. The zero-order chi connectivity index (χ0) is 17.2. The molecular weight excluding hydrogens is 327 g/mol. The average Bonchev–Trinajstić information content (AvgIpc) is 2.61. The highest BCUT2D eigenvalue weighted by Crippen LogP contribution is 2.22. The second-order valence-electron chi connectivity index (χ2n) is 5.59. The van der Waals surface area contributed by atoms with Gasteiger partial charge in [-0.3, -0.25) is 9.89 Å². The van der Waals surface area contributed by atoms with Gasteiger partial charge in [-0.05, 0) is 24.0 Å². The summed E-state index contributed by atoms with van der Waals surface area (Å²) in [4.78, 5) is 6.59. The van der Waals surface area contributed by atoms with Crippen molar-refractivity contribution in [3.63, 3.8) is 0 Å².